The van der Waals surface area contributed by atoms with Crippen LogP contribution in [0, 0.1) is 0 Å². The average molecular weight is 483 g/mol. The number of hydrogen-bond acceptors (Lipinski definition) is 5. The molecule has 0 saturated heterocycles. The predicted molar refractivity (Wildman–Crippen MR) is 132 cm³/mol. The molecule has 0 aliphatic rings. The van der Waals surface area contributed by atoms with E-state index in [9.17, 15) is 14.6 Å². The maximum absolute atomic E-state index is 11.8. The van der Waals surface area contributed by atoms with Gasteiger partial charge in [0.05, 0.1) is 34.4 Å². The van der Waals surface area contributed by atoms with Gasteiger partial charge in [-0.1, -0.05) is 90.4 Å². The molecule has 7 nitrogen and oxygen atoms in total. The number of phosphoric ester groups is 1. The van der Waals surface area contributed by atoms with Crippen molar-refractivity contribution in [3.63, 3.8) is 0 Å². The molecule has 0 heterocycles. The number of unbranched alkanes of at least 4 members (excludes halogenated alkanes) is 13. The number of aliphatic hydroxyl groups is 1. The summed E-state index contributed by atoms with van der Waals surface area (Å²) in [7, 11) is 1.76. The lowest BCUT2D eigenvalue weighted by atomic mass is 10.0. The lowest BCUT2D eigenvalue weighted by Crippen LogP contribution is -2.37. The van der Waals surface area contributed by atoms with Crippen molar-refractivity contribution in [2.45, 2.75) is 103 Å². The lowest BCUT2D eigenvalue weighted by molar-refractivity contribution is -0.870. The second kappa shape index (κ2) is 20.4. The first-order valence-electron chi connectivity index (χ1n) is 12.8. The van der Waals surface area contributed by atoms with Gasteiger partial charge in [0.15, 0.2) is 0 Å². The minimum Gasteiger partial charge on any atom is -0.388 e. The third-order valence-corrected chi connectivity index (χ3v) is 6.38. The molecule has 2 N–H and O–H groups in total. The van der Waals surface area contributed by atoms with Gasteiger partial charge in [0, 0.05) is 6.61 Å². The van der Waals surface area contributed by atoms with E-state index in [1.54, 1.807) is 0 Å². The summed E-state index contributed by atoms with van der Waals surface area (Å²) in [6.07, 6.45) is 17.5. The monoisotopic (exact) mass is 482 g/mol. The number of aliphatic hydroxyl groups excluding tert-OH is 1. The Hall–Kier alpha value is -0.0100. The zero-order valence-electron chi connectivity index (χ0n) is 21.4. The van der Waals surface area contributed by atoms with E-state index in [2.05, 4.69) is 6.92 Å². The SMILES string of the molecule is CCCCCCCCCCCCCCCCOC[C@H](O)COP(=O)(O)OCC[N+](C)(C)C. The number of quaternary nitrogens is 1. The molecular formula is C24H53NO6P+. The van der Waals surface area contributed by atoms with Crippen molar-refractivity contribution in [1.29, 1.82) is 0 Å². The minimum atomic E-state index is -4.13. The molecule has 1 unspecified atom stereocenters. The Morgan fingerprint density at radius 3 is 1.66 bits per heavy atom. The Balaban J connectivity index is 3.40. The maximum Gasteiger partial charge on any atom is 0.472 e. The van der Waals surface area contributed by atoms with Gasteiger partial charge in [0.1, 0.15) is 19.3 Å². The van der Waals surface area contributed by atoms with Crippen molar-refractivity contribution in [2.24, 2.45) is 0 Å². The van der Waals surface area contributed by atoms with Crippen LogP contribution < -0.4 is 0 Å². The van der Waals surface area contributed by atoms with E-state index in [4.69, 9.17) is 13.8 Å². The van der Waals surface area contributed by atoms with Crippen molar-refractivity contribution in [1.82, 2.24) is 0 Å². The molecule has 2 atom stereocenters. The molecule has 0 aliphatic carbocycles. The predicted octanol–water partition coefficient (Wildman–Crippen LogP) is 5.69. The van der Waals surface area contributed by atoms with Crippen LogP contribution in [0.15, 0.2) is 0 Å². The fourth-order valence-electron chi connectivity index (χ4n) is 3.31. The fraction of sp³-hybridized carbons (Fsp3) is 1.00. The summed E-state index contributed by atoms with van der Waals surface area (Å²) in [5.74, 6) is 0. The number of ether oxygens (including phenoxy) is 1. The maximum atomic E-state index is 11.8. The van der Waals surface area contributed by atoms with E-state index in [1.807, 2.05) is 21.1 Å². The van der Waals surface area contributed by atoms with Gasteiger partial charge in [-0.25, -0.2) is 4.57 Å². The van der Waals surface area contributed by atoms with E-state index >= 15 is 0 Å². The summed E-state index contributed by atoms with van der Waals surface area (Å²) in [5.41, 5.74) is 0. The van der Waals surface area contributed by atoms with Gasteiger partial charge in [0.25, 0.3) is 0 Å². The molecule has 0 radical (unpaired) electrons. The van der Waals surface area contributed by atoms with Crippen molar-refractivity contribution < 1.29 is 32.8 Å². The van der Waals surface area contributed by atoms with Gasteiger partial charge >= 0.3 is 7.82 Å². The second-order valence-electron chi connectivity index (χ2n) is 9.94. The van der Waals surface area contributed by atoms with E-state index < -0.39 is 13.9 Å². The number of nitrogens with zero attached hydrogens (tertiary/aromatic N) is 1. The Labute approximate surface area is 198 Å². The zero-order valence-corrected chi connectivity index (χ0v) is 22.3. The average Bonchev–Trinajstić information content (AvgIpc) is 2.71. The number of rotatable bonds is 24. The Morgan fingerprint density at radius 2 is 1.19 bits per heavy atom. The highest BCUT2D eigenvalue weighted by atomic mass is 31.2. The largest absolute Gasteiger partial charge is 0.472 e. The topological polar surface area (TPSA) is 85.2 Å². The standard InChI is InChI=1S/C24H52NO6P/c1-5-6-7-8-9-10-11-12-13-14-15-16-17-18-20-29-22-24(26)23-31-32(27,28)30-21-19-25(2,3)4/h24,26H,5-23H2,1-4H3/p+1/t24-/m0/s1. The molecule has 0 saturated carbocycles. The van der Waals surface area contributed by atoms with Crippen LogP contribution >= 0.6 is 7.82 Å². The molecule has 0 aromatic heterocycles. The van der Waals surface area contributed by atoms with Gasteiger partial charge in [-0.15, -0.1) is 0 Å². The smallest absolute Gasteiger partial charge is 0.388 e. The summed E-state index contributed by atoms with van der Waals surface area (Å²) in [6.45, 7) is 3.36. The molecule has 0 bridgehead atoms. The van der Waals surface area contributed by atoms with Gasteiger partial charge in [-0.3, -0.25) is 9.05 Å². The molecule has 32 heavy (non-hydrogen) atoms. The van der Waals surface area contributed by atoms with Crippen LogP contribution in [-0.4, -0.2) is 74.7 Å². The van der Waals surface area contributed by atoms with E-state index in [-0.39, 0.29) is 19.8 Å². The molecular weight excluding hydrogens is 429 g/mol. The molecule has 0 aromatic rings. The molecule has 0 aliphatic heterocycles. The molecule has 0 amide bonds. The second-order valence-corrected chi connectivity index (χ2v) is 11.4. The Morgan fingerprint density at radius 1 is 0.719 bits per heavy atom. The highest BCUT2D eigenvalue weighted by Gasteiger charge is 2.24. The molecule has 0 rings (SSSR count). The molecule has 8 heteroatoms. The highest BCUT2D eigenvalue weighted by molar-refractivity contribution is 7.47. The van der Waals surface area contributed by atoms with Crippen molar-refractivity contribution in [3.05, 3.63) is 0 Å². The summed E-state index contributed by atoms with van der Waals surface area (Å²) in [5, 5.41) is 9.84. The fourth-order valence-corrected chi connectivity index (χ4v) is 4.06. The third kappa shape index (κ3) is 24.6. The van der Waals surface area contributed by atoms with Crippen LogP contribution in [0.5, 0.6) is 0 Å². The van der Waals surface area contributed by atoms with Crippen LogP contribution in [0.4, 0.5) is 0 Å². The van der Waals surface area contributed by atoms with Gasteiger partial charge < -0.3 is 19.2 Å². The van der Waals surface area contributed by atoms with Crippen LogP contribution in [0.25, 0.3) is 0 Å². The molecule has 194 valence electrons. The summed E-state index contributed by atoms with van der Waals surface area (Å²) >= 11 is 0. The first-order chi connectivity index (χ1) is 15.2. The Bertz CT molecular complexity index is 458. The van der Waals surface area contributed by atoms with Crippen LogP contribution in [-0.2, 0) is 18.3 Å². The molecule has 0 aromatic carbocycles. The van der Waals surface area contributed by atoms with Crippen LogP contribution in [0.2, 0.25) is 0 Å². The lowest BCUT2D eigenvalue weighted by Gasteiger charge is -2.24. The van der Waals surface area contributed by atoms with E-state index in [0.29, 0.717) is 17.6 Å². The van der Waals surface area contributed by atoms with Gasteiger partial charge in [-0.2, -0.15) is 0 Å². The molecule has 0 spiro atoms. The van der Waals surface area contributed by atoms with Crippen molar-refractivity contribution in [2.75, 3.05) is 54.1 Å². The molecule has 0 fully saturated rings. The number of likely N-dealkylation sites (N-methyl/N-ethyl adjacent to an activating group) is 1. The van der Waals surface area contributed by atoms with Crippen molar-refractivity contribution >= 4 is 7.82 Å². The Kier molecular flexibility index (Phi) is 20.4. The summed E-state index contributed by atoms with van der Waals surface area (Å²) in [4.78, 5) is 9.62. The highest BCUT2D eigenvalue weighted by Crippen LogP contribution is 2.43. The van der Waals surface area contributed by atoms with Gasteiger partial charge in [-0.05, 0) is 6.42 Å². The van der Waals surface area contributed by atoms with E-state index in [0.717, 1.165) is 12.8 Å². The zero-order chi connectivity index (χ0) is 24.1. The third-order valence-electron chi connectivity index (χ3n) is 5.40. The normalized spacial score (nSPS) is 15.1. The number of hydrogen-bond donors (Lipinski definition) is 2. The minimum absolute atomic E-state index is 0.0946. The summed E-state index contributed by atoms with van der Waals surface area (Å²) in [6, 6.07) is 0. The first kappa shape index (κ1) is 32.0. The van der Waals surface area contributed by atoms with Crippen LogP contribution in [0.1, 0.15) is 96.8 Å². The summed E-state index contributed by atoms with van der Waals surface area (Å²) < 4.78 is 27.6. The first-order valence-corrected chi connectivity index (χ1v) is 14.3. The van der Waals surface area contributed by atoms with Gasteiger partial charge in [0.2, 0.25) is 0 Å². The van der Waals surface area contributed by atoms with Crippen LogP contribution in [0.3, 0.4) is 0 Å². The quantitative estimate of drug-likeness (QED) is 0.105. The van der Waals surface area contributed by atoms with Crippen molar-refractivity contribution in [3.8, 4) is 0 Å². The number of phosphoric acid groups is 1. The van der Waals surface area contributed by atoms with E-state index in [1.165, 1.54) is 77.0 Å².